The number of benzene rings is 3. The molecular formula is C25H29N3O6S2. The molecule has 11 heteroatoms. The number of anilines is 1. The van der Waals surface area contributed by atoms with E-state index in [0.717, 1.165) is 9.87 Å². The van der Waals surface area contributed by atoms with Crippen molar-refractivity contribution in [3.63, 3.8) is 0 Å². The molecule has 0 aliphatic heterocycles. The minimum atomic E-state index is -3.99. The molecule has 0 radical (unpaired) electrons. The Labute approximate surface area is 212 Å². The van der Waals surface area contributed by atoms with E-state index in [9.17, 15) is 21.6 Å². The fourth-order valence-electron chi connectivity index (χ4n) is 3.38. The summed E-state index contributed by atoms with van der Waals surface area (Å²) in [6.07, 6.45) is 0.494. The highest BCUT2D eigenvalue weighted by Gasteiger charge is 2.23. The van der Waals surface area contributed by atoms with Crippen LogP contribution in [-0.4, -0.2) is 54.8 Å². The van der Waals surface area contributed by atoms with Crippen LogP contribution in [0.5, 0.6) is 5.75 Å². The van der Waals surface area contributed by atoms with Crippen LogP contribution in [0, 0.1) is 6.92 Å². The highest BCUT2D eigenvalue weighted by atomic mass is 32.2. The summed E-state index contributed by atoms with van der Waals surface area (Å²) in [5, 5.41) is 2.68. The molecule has 1 amide bonds. The Morgan fingerprint density at radius 3 is 2.28 bits per heavy atom. The molecule has 0 aliphatic rings. The summed E-state index contributed by atoms with van der Waals surface area (Å²) in [7, 11) is -3.51. The molecule has 0 saturated heterocycles. The maximum atomic E-state index is 13.0. The molecule has 0 heterocycles. The second-order valence-electron chi connectivity index (χ2n) is 8.22. The maximum absolute atomic E-state index is 13.0. The minimum absolute atomic E-state index is 0.0222. The van der Waals surface area contributed by atoms with Crippen LogP contribution in [0.2, 0.25) is 0 Å². The van der Waals surface area contributed by atoms with Gasteiger partial charge in [0, 0.05) is 31.9 Å². The zero-order valence-corrected chi connectivity index (χ0v) is 22.1. The molecule has 0 unspecified atom stereocenters. The van der Waals surface area contributed by atoms with Gasteiger partial charge in [0.25, 0.3) is 5.91 Å². The van der Waals surface area contributed by atoms with Crippen LogP contribution in [0.1, 0.15) is 21.5 Å². The van der Waals surface area contributed by atoms with E-state index in [-0.39, 0.29) is 27.6 Å². The lowest BCUT2D eigenvalue weighted by molar-refractivity contribution is 0.102. The fourth-order valence-corrected chi connectivity index (χ4v) is 5.53. The van der Waals surface area contributed by atoms with Crippen molar-refractivity contribution in [1.82, 2.24) is 9.03 Å². The number of rotatable bonds is 10. The average Bonchev–Trinajstić information content (AvgIpc) is 2.85. The van der Waals surface area contributed by atoms with Crippen molar-refractivity contribution >= 4 is 31.6 Å². The molecule has 2 N–H and O–H groups in total. The molecule has 3 aromatic carbocycles. The van der Waals surface area contributed by atoms with Crippen LogP contribution < -0.4 is 14.8 Å². The SMILES string of the molecule is COc1ccc(C(=O)Nc2cc(S(=O)(=O)N(C)C)ccc2C)cc1S(=O)(=O)NCCc1ccccc1. The van der Waals surface area contributed by atoms with Crippen LogP contribution in [-0.2, 0) is 26.5 Å². The summed E-state index contributed by atoms with van der Waals surface area (Å²) in [4.78, 5) is 12.9. The third kappa shape index (κ3) is 6.30. The number of methoxy groups -OCH3 is 1. The number of ether oxygens (including phenoxy) is 1. The van der Waals surface area contributed by atoms with Crippen molar-refractivity contribution in [2.24, 2.45) is 0 Å². The number of nitrogens with one attached hydrogen (secondary N) is 2. The second-order valence-corrected chi connectivity index (χ2v) is 12.1. The normalized spacial score (nSPS) is 11.9. The molecule has 0 saturated carbocycles. The minimum Gasteiger partial charge on any atom is -0.495 e. The Hall–Kier alpha value is -3.25. The second kappa shape index (κ2) is 11.2. The lowest BCUT2D eigenvalue weighted by Gasteiger charge is -2.15. The lowest BCUT2D eigenvalue weighted by Crippen LogP contribution is -2.27. The van der Waals surface area contributed by atoms with Crippen LogP contribution in [0.15, 0.2) is 76.5 Å². The number of nitrogens with zero attached hydrogens (tertiary/aromatic N) is 1. The van der Waals surface area contributed by atoms with Crippen molar-refractivity contribution < 1.29 is 26.4 Å². The third-order valence-electron chi connectivity index (χ3n) is 5.50. The largest absolute Gasteiger partial charge is 0.495 e. The first kappa shape index (κ1) is 27.3. The molecule has 0 fully saturated rings. The van der Waals surface area contributed by atoms with Gasteiger partial charge in [0.15, 0.2) is 0 Å². The monoisotopic (exact) mass is 531 g/mol. The smallest absolute Gasteiger partial charge is 0.255 e. The van der Waals surface area contributed by atoms with E-state index in [2.05, 4.69) is 10.0 Å². The Bertz CT molecular complexity index is 1450. The predicted molar refractivity (Wildman–Crippen MR) is 138 cm³/mol. The van der Waals surface area contributed by atoms with E-state index in [0.29, 0.717) is 17.7 Å². The summed E-state index contributed by atoms with van der Waals surface area (Å²) in [5.74, 6) is -0.505. The Morgan fingerprint density at radius 2 is 1.64 bits per heavy atom. The first-order valence-corrected chi connectivity index (χ1v) is 13.9. The predicted octanol–water partition coefficient (Wildman–Crippen LogP) is 3.03. The zero-order chi connectivity index (χ0) is 26.5. The van der Waals surface area contributed by atoms with E-state index in [4.69, 9.17) is 4.74 Å². The lowest BCUT2D eigenvalue weighted by atomic mass is 10.1. The van der Waals surface area contributed by atoms with Gasteiger partial charge in [-0.3, -0.25) is 4.79 Å². The van der Waals surface area contributed by atoms with Crippen molar-refractivity contribution in [3.05, 3.63) is 83.4 Å². The molecule has 36 heavy (non-hydrogen) atoms. The topological polar surface area (TPSA) is 122 Å². The number of carbonyl (C=O) groups is 1. The highest BCUT2D eigenvalue weighted by Crippen LogP contribution is 2.27. The Kier molecular flexibility index (Phi) is 8.51. The molecule has 3 rings (SSSR count). The molecule has 0 aliphatic carbocycles. The Morgan fingerprint density at radius 1 is 0.944 bits per heavy atom. The van der Waals surface area contributed by atoms with Gasteiger partial charge in [-0.2, -0.15) is 0 Å². The van der Waals surface area contributed by atoms with Gasteiger partial charge >= 0.3 is 0 Å². The van der Waals surface area contributed by atoms with Gasteiger partial charge in [-0.15, -0.1) is 0 Å². The highest BCUT2D eigenvalue weighted by molar-refractivity contribution is 7.89. The number of hydrogen-bond acceptors (Lipinski definition) is 6. The number of carbonyl (C=O) groups excluding carboxylic acids is 1. The maximum Gasteiger partial charge on any atom is 0.255 e. The number of aryl methyl sites for hydroxylation is 1. The molecular weight excluding hydrogens is 502 g/mol. The van der Waals surface area contributed by atoms with E-state index in [1.165, 1.54) is 51.5 Å². The van der Waals surface area contributed by atoms with E-state index in [1.807, 2.05) is 30.3 Å². The first-order chi connectivity index (χ1) is 17.0. The summed E-state index contributed by atoms with van der Waals surface area (Å²) in [5.41, 5.74) is 1.99. The van der Waals surface area contributed by atoms with Gasteiger partial charge < -0.3 is 10.1 Å². The molecule has 192 valence electrons. The van der Waals surface area contributed by atoms with Gasteiger partial charge in [0.2, 0.25) is 20.0 Å². The van der Waals surface area contributed by atoms with Gasteiger partial charge in [0.1, 0.15) is 10.6 Å². The number of sulfonamides is 2. The molecule has 0 atom stereocenters. The van der Waals surface area contributed by atoms with Crippen LogP contribution in [0.4, 0.5) is 5.69 Å². The zero-order valence-electron chi connectivity index (χ0n) is 20.5. The first-order valence-electron chi connectivity index (χ1n) is 11.0. The number of hydrogen-bond donors (Lipinski definition) is 2. The van der Waals surface area contributed by atoms with Gasteiger partial charge in [0.05, 0.1) is 12.0 Å². The fraction of sp³-hybridized carbons (Fsp3) is 0.240. The average molecular weight is 532 g/mol. The molecule has 0 aromatic heterocycles. The van der Waals surface area contributed by atoms with E-state index >= 15 is 0 Å². The van der Waals surface area contributed by atoms with Crippen molar-refractivity contribution in [1.29, 1.82) is 0 Å². The van der Waals surface area contributed by atoms with Gasteiger partial charge in [-0.1, -0.05) is 36.4 Å². The summed E-state index contributed by atoms with van der Waals surface area (Å²) >= 11 is 0. The molecule has 0 bridgehead atoms. The van der Waals surface area contributed by atoms with E-state index in [1.54, 1.807) is 13.0 Å². The van der Waals surface area contributed by atoms with Gasteiger partial charge in [-0.25, -0.2) is 25.9 Å². The van der Waals surface area contributed by atoms with Crippen LogP contribution in [0.25, 0.3) is 0 Å². The standard InChI is InChI=1S/C25H29N3O6S2/c1-18-10-12-21(36(32,33)28(2)3)17-22(18)27-25(29)20-11-13-23(34-4)24(16-20)35(30,31)26-15-14-19-8-6-5-7-9-19/h5-13,16-17,26H,14-15H2,1-4H3,(H,27,29). The van der Waals surface area contributed by atoms with Crippen molar-refractivity contribution in [2.45, 2.75) is 23.1 Å². The van der Waals surface area contributed by atoms with Crippen molar-refractivity contribution in [3.8, 4) is 5.75 Å². The van der Waals surface area contributed by atoms with Gasteiger partial charge in [-0.05, 0) is 54.8 Å². The summed E-state index contributed by atoms with van der Waals surface area (Å²) in [6, 6.07) is 17.9. The molecule has 3 aromatic rings. The van der Waals surface area contributed by atoms with E-state index < -0.39 is 26.0 Å². The Balaban J connectivity index is 1.84. The summed E-state index contributed by atoms with van der Waals surface area (Å²) < 4.78 is 59.8. The number of amides is 1. The van der Waals surface area contributed by atoms with Crippen LogP contribution in [0.3, 0.4) is 0 Å². The van der Waals surface area contributed by atoms with Crippen molar-refractivity contribution in [2.75, 3.05) is 33.1 Å². The third-order valence-corrected chi connectivity index (χ3v) is 8.79. The van der Waals surface area contributed by atoms with Crippen LogP contribution >= 0.6 is 0 Å². The molecule has 9 nitrogen and oxygen atoms in total. The molecule has 0 spiro atoms. The quantitative estimate of drug-likeness (QED) is 0.415. The summed E-state index contributed by atoms with van der Waals surface area (Å²) in [6.45, 7) is 1.89.